The van der Waals surface area contributed by atoms with Gasteiger partial charge in [-0.3, -0.25) is 4.79 Å². The van der Waals surface area contributed by atoms with E-state index in [-0.39, 0.29) is 5.91 Å². The second-order valence-corrected chi connectivity index (χ2v) is 9.82. The van der Waals surface area contributed by atoms with Crippen molar-refractivity contribution in [3.05, 3.63) is 149 Å². The summed E-state index contributed by atoms with van der Waals surface area (Å²) in [7, 11) is 0. The zero-order valence-electron chi connectivity index (χ0n) is 21.9. The Morgan fingerprint density at radius 2 is 1.59 bits per heavy atom. The highest BCUT2D eigenvalue weighted by molar-refractivity contribution is 6.30. The van der Waals surface area contributed by atoms with Gasteiger partial charge >= 0.3 is 0 Å². The van der Waals surface area contributed by atoms with Gasteiger partial charge in [0.1, 0.15) is 18.1 Å². The van der Waals surface area contributed by atoms with Crippen LogP contribution in [0.25, 0.3) is 27.7 Å². The lowest BCUT2D eigenvalue weighted by atomic mass is 10.1. The van der Waals surface area contributed by atoms with Gasteiger partial charge < -0.3 is 4.74 Å². The quantitative estimate of drug-likeness (QED) is 0.154. The van der Waals surface area contributed by atoms with E-state index in [4.69, 9.17) is 21.4 Å². The molecule has 0 saturated carbocycles. The lowest BCUT2D eigenvalue weighted by molar-refractivity contribution is 0.0955. The average molecular weight is 557 g/mol. The summed E-state index contributed by atoms with van der Waals surface area (Å²) >= 11 is 5.92. The summed E-state index contributed by atoms with van der Waals surface area (Å²) in [5, 5.41) is 12.1. The van der Waals surface area contributed by atoms with Crippen LogP contribution in [-0.2, 0) is 6.61 Å². The Balaban J connectivity index is 1.19. The van der Waals surface area contributed by atoms with Crippen LogP contribution >= 0.6 is 11.6 Å². The van der Waals surface area contributed by atoms with E-state index in [0.29, 0.717) is 17.2 Å². The van der Waals surface area contributed by atoms with Gasteiger partial charge in [0.05, 0.1) is 11.9 Å². The summed E-state index contributed by atoms with van der Waals surface area (Å²) < 4.78 is 7.64. The topological polar surface area (TPSA) is 68.5 Å². The number of hydrogen-bond donors (Lipinski definition) is 1. The zero-order chi connectivity index (χ0) is 28.0. The lowest BCUT2D eigenvalue weighted by Gasteiger charge is -2.07. The van der Waals surface area contributed by atoms with Crippen LogP contribution in [0.15, 0.2) is 133 Å². The van der Waals surface area contributed by atoms with Crippen molar-refractivity contribution in [2.75, 3.05) is 0 Å². The number of rotatable bonds is 8. The minimum absolute atomic E-state index is 0.311. The molecule has 41 heavy (non-hydrogen) atoms. The predicted molar refractivity (Wildman–Crippen MR) is 164 cm³/mol. The number of ether oxygens (including phenoxy) is 1. The molecule has 0 aliphatic heterocycles. The molecule has 0 aliphatic rings. The molecule has 6 nitrogen and oxygen atoms in total. The number of amides is 1. The van der Waals surface area contributed by atoms with Crippen molar-refractivity contribution in [1.29, 1.82) is 0 Å². The number of carbonyl (C=O) groups is 1. The van der Waals surface area contributed by atoms with Crippen molar-refractivity contribution in [1.82, 2.24) is 15.2 Å². The van der Waals surface area contributed by atoms with Gasteiger partial charge in [-0.1, -0.05) is 90.5 Å². The van der Waals surface area contributed by atoms with Gasteiger partial charge in [0.25, 0.3) is 5.91 Å². The van der Waals surface area contributed by atoms with Gasteiger partial charge in [0, 0.05) is 33.3 Å². The summed E-state index contributed by atoms with van der Waals surface area (Å²) in [6.45, 7) is 0.380. The number of carbonyl (C=O) groups excluding carboxylic acids is 1. The largest absolute Gasteiger partial charge is 0.489 e. The fraction of sp³-hybridized carbons (Fsp3) is 0.0294. The summed E-state index contributed by atoms with van der Waals surface area (Å²) in [4.78, 5) is 12.8. The monoisotopic (exact) mass is 556 g/mol. The first-order valence-corrected chi connectivity index (χ1v) is 13.5. The van der Waals surface area contributed by atoms with E-state index in [2.05, 4.69) is 28.7 Å². The van der Waals surface area contributed by atoms with Gasteiger partial charge in [-0.05, 0) is 53.4 Å². The predicted octanol–water partition coefficient (Wildman–Crippen LogP) is 7.69. The first-order chi connectivity index (χ1) is 20.1. The molecule has 7 heteroatoms. The van der Waals surface area contributed by atoms with E-state index in [1.54, 1.807) is 30.5 Å². The molecule has 1 aromatic heterocycles. The Morgan fingerprint density at radius 1 is 0.854 bits per heavy atom. The molecule has 0 radical (unpaired) electrons. The van der Waals surface area contributed by atoms with Gasteiger partial charge in [-0.2, -0.15) is 10.2 Å². The number of halogens is 1. The molecule has 1 heterocycles. The average Bonchev–Trinajstić information content (AvgIpc) is 3.45. The molecule has 5 aromatic carbocycles. The summed E-state index contributed by atoms with van der Waals surface area (Å²) in [5.41, 5.74) is 7.53. The molecular formula is C34H25ClN4O2. The van der Waals surface area contributed by atoms with Crippen molar-refractivity contribution in [2.24, 2.45) is 5.10 Å². The molecule has 0 bridgehead atoms. The molecule has 0 spiro atoms. The van der Waals surface area contributed by atoms with Gasteiger partial charge in [0.2, 0.25) is 0 Å². The Morgan fingerprint density at radius 3 is 2.39 bits per heavy atom. The fourth-order valence-corrected chi connectivity index (χ4v) is 4.63. The van der Waals surface area contributed by atoms with Gasteiger partial charge in [0.15, 0.2) is 0 Å². The Labute approximate surface area is 242 Å². The minimum Gasteiger partial charge on any atom is -0.489 e. The Kier molecular flexibility index (Phi) is 7.56. The van der Waals surface area contributed by atoms with E-state index in [1.807, 2.05) is 89.7 Å². The maximum absolute atomic E-state index is 12.8. The minimum atomic E-state index is -0.311. The fourth-order valence-electron chi connectivity index (χ4n) is 4.51. The molecular weight excluding hydrogens is 532 g/mol. The maximum Gasteiger partial charge on any atom is 0.271 e. The van der Waals surface area contributed by atoms with Gasteiger partial charge in [-0.25, -0.2) is 10.1 Å². The highest BCUT2D eigenvalue weighted by atomic mass is 35.5. The van der Waals surface area contributed by atoms with Crippen LogP contribution in [0.4, 0.5) is 0 Å². The third-order valence-electron chi connectivity index (χ3n) is 6.61. The van der Waals surface area contributed by atoms with E-state index in [1.165, 1.54) is 0 Å². The molecule has 200 valence electrons. The second kappa shape index (κ2) is 11.9. The standard InChI is InChI=1S/C34H25ClN4O2/c35-29-17-19-30(20-18-29)41-23-24-13-15-27(16-14-24)34(40)37-36-21-28-22-39(38-33(28)26-8-2-1-3-9-26)32-12-6-10-25-7-4-5-11-31(25)32/h1-22H,23H2,(H,37,40)/b36-21+. The number of hydrogen-bond acceptors (Lipinski definition) is 4. The Hall–Kier alpha value is -5.20. The molecule has 0 atom stereocenters. The van der Waals surface area contributed by atoms with E-state index in [0.717, 1.165) is 44.6 Å². The normalized spacial score (nSPS) is 11.1. The zero-order valence-corrected chi connectivity index (χ0v) is 22.7. The third kappa shape index (κ3) is 6.03. The van der Waals surface area contributed by atoms with E-state index >= 15 is 0 Å². The molecule has 6 aromatic rings. The molecule has 0 saturated heterocycles. The molecule has 0 aliphatic carbocycles. The molecule has 6 rings (SSSR count). The van der Waals surface area contributed by atoms with E-state index in [9.17, 15) is 4.79 Å². The van der Waals surface area contributed by atoms with Crippen LogP contribution in [0.3, 0.4) is 0 Å². The van der Waals surface area contributed by atoms with Crippen molar-refractivity contribution in [3.8, 4) is 22.7 Å². The maximum atomic E-state index is 12.8. The molecule has 1 amide bonds. The number of nitrogens with zero attached hydrogens (tertiary/aromatic N) is 3. The van der Waals surface area contributed by atoms with Gasteiger partial charge in [-0.15, -0.1) is 0 Å². The molecule has 0 fully saturated rings. The van der Waals surface area contributed by atoms with Crippen molar-refractivity contribution in [2.45, 2.75) is 6.61 Å². The summed E-state index contributed by atoms with van der Waals surface area (Å²) in [6.07, 6.45) is 3.55. The van der Waals surface area contributed by atoms with Crippen molar-refractivity contribution >= 4 is 34.5 Å². The van der Waals surface area contributed by atoms with Crippen LogP contribution in [0.5, 0.6) is 5.75 Å². The molecule has 1 N–H and O–H groups in total. The second-order valence-electron chi connectivity index (χ2n) is 9.38. The van der Waals surface area contributed by atoms with E-state index < -0.39 is 0 Å². The smallest absolute Gasteiger partial charge is 0.271 e. The van der Waals surface area contributed by atoms with Crippen LogP contribution in [0.1, 0.15) is 21.5 Å². The number of fused-ring (bicyclic) bond motifs is 1. The Bertz CT molecular complexity index is 1820. The first kappa shape index (κ1) is 26.0. The lowest BCUT2D eigenvalue weighted by Crippen LogP contribution is -2.17. The summed E-state index contributed by atoms with van der Waals surface area (Å²) in [6, 6.07) is 38.7. The van der Waals surface area contributed by atoms with Crippen molar-refractivity contribution in [3.63, 3.8) is 0 Å². The first-order valence-electron chi connectivity index (χ1n) is 13.1. The highest BCUT2D eigenvalue weighted by Gasteiger charge is 2.13. The van der Waals surface area contributed by atoms with Crippen molar-refractivity contribution < 1.29 is 9.53 Å². The number of nitrogens with one attached hydrogen (secondary N) is 1. The SMILES string of the molecule is O=C(N/N=C/c1cn(-c2cccc3ccccc23)nc1-c1ccccc1)c1ccc(COc2ccc(Cl)cc2)cc1. The summed E-state index contributed by atoms with van der Waals surface area (Å²) in [5.74, 6) is 0.415. The van der Waals surface area contributed by atoms with Crippen LogP contribution in [0, 0.1) is 0 Å². The van der Waals surface area contributed by atoms with Crippen LogP contribution < -0.4 is 10.2 Å². The number of benzene rings is 5. The third-order valence-corrected chi connectivity index (χ3v) is 6.86. The number of aromatic nitrogens is 2. The highest BCUT2D eigenvalue weighted by Crippen LogP contribution is 2.26. The number of hydrazone groups is 1. The van der Waals surface area contributed by atoms with Crippen LogP contribution in [0.2, 0.25) is 5.02 Å². The van der Waals surface area contributed by atoms with Crippen LogP contribution in [-0.4, -0.2) is 21.9 Å². The molecule has 0 unspecified atom stereocenters.